The van der Waals surface area contributed by atoms with Gasteiger partial charge in [0, 0.05) is 18.9 Å². The Balaban J connectivity index is 3.63. The lowest BCUT2D eigenvalue weighted by molar-refractivity contribution is -0.137. The van der Waals surface area contributed by atoms with Crippen molar-refractivity contribution in [2.24, 2.45) is 0 Å². The van der Waals surface area contributed by atoms with Crippen LogP contribution < -0.4 is 4.72 Å². The molecule has 0 aromatic heterocycles. The standard InChI is InChI=1S/C8H17NO5S2/c1-14-8(11)7-16(12,13)9-3-6-15-5-2-4-10/h9-10H,2-7H2,1H3. The van der Waals surface area contributed by atoms with E-state index >= 15 is 0 Å². The third kappa shape index (κ3) is 8.96. The Labute approximate surface area is 99.8 Å². The molecule has 0 bridgehead atoms. The fraction of sp³-hybridized carbons (Fsp3) is 0.875. The van der Waals surface area contributed by atoms with Crippen LogP contribution in [0.4, 0.5) is 0 Å². The number of carbonyl (C=O) groups is 1. The minimum atomic E-state index is -3.57. The summed E-state index contributed by atoms with van der Waals surface area (Å²) in [6.07, 6.45) is 0.694. The number of aliphatic hydroxyl groups is 1. The zero-order valence-corrected chi connectivity index (χ0v) is 10.8. The van der Waals surface area contributed by atoms with E-state index in [1.54, 1.807) is 11.8 Å². The highest BCUT2D eigenvalue weighted by Crippen LogP contribution is 2.00. The highest BCUT2D eigenvalue weighted by atomic mass is 32.2. The van der Waals surface area contributed by atoms with Crippen LogP contribution in [-0.2, 0) is 19.6 Å². The molecular formula is C8H17NO5S2. The number of methoxy groups -OCH3 is 1. The average Bonchev–Trinajstić information content (AvgIpc) is 2.22. The number of ether oxygens (including phenoxy) is 1. The van der Waals surface area contributed by atoms with Gasteiger partial charge in [0.1, 0.15) is 0 Å². The Morgan fingerprint density at radius 1 is 1.44 bits per heavy atom. The average molecular weight is 271 g/mol. The fourth-order valence-electron chi connectivity index (χ4n) is 0.803. The first-order chi connectivity index (χ1) is 7.52. The lowest BCUT2D eigenvalue weighted by Gasteiger charge is -2.05. The van der Waals surface area contributed by atoms with Crippen molar-refractivity contribution < 1.29 is 23.1 Å². The van der Waals surface area contributed by atoms with E-state index in [-0.39, 0.29) is 13.2 Å². The number of rotatable bonds is 9. The zero-order valence-electron chi connectivity index (χ0n) is 9.14. The zero-order chi connectivity index (χ0) is 12.4. The third-order valence-electron chi connectivity index (χ3n) is 1.55. The van der Waals surface area contributed by atoms with Crippen molar-refractivity contribution in [2.45, 2.75) is 6.42 Å². The third-order valence-corrected chi connectivity index (χ3v) is 3.88. The molecule has 0 heterocycles. The molecule has 0 atom stereocenters. The normalized spacial score (nSPS) is 11.4. The number of hydrogen-bond donors (Lipinski definition) is 2. The maximum atomic E-state index is 11.2. The number of aliphatic hydroxyl groups excluding tert-OH is 1. The Kier molecular flexibility index (Phi) is 8.63. The van der Waals surface area contributed by atoms with Crippen LogP contribution in [-0.4, -0.2) is 57.0 Å². The molecule has 0 aromatic rings. The molecule has 0 spiro atoms. The number of sulfonamides is 1. The fourth-order valence-corrected chi connectivity index (χ4v) is 2.66. The van der Waals surface area contributed by atoms with Crippen LogP contribution in [0.2, 0.25) is 0 Å². The van der Waals surface area contributed by atoms with Crippen LogP contribution in [0.1, 0.15) is 6.42 Å². The van der Waals surface area contributed by atoms with E-state index < -0.39 is 21.7 Å². The van der Waals surface area contributed by atoms with E-state index in [2.05, 4.69) is 9.46 Å². The molecule has 6 nitrogen and oxygen atoms in total. The van der Waals surface area contributed by atoms with Gasteiger partial charge in [-0.3, -0.25) is 4.79 Å². The lowest BCUT2D eigenvalue weighted by Crippen LogP contribution is -2.32. The van der Waals surface area contributed by atoms with Crippen LogP contribution in [0.25, 0.3) is 0 Å². The van der Waals surface area contributed by atoms with Crippen LogP contribution in [0.3, 0.4) is 0 Å². The number of nitrogens with one attached hydrogen (secondary N) is 1. The minimum Gasteiger partial charge on any atom is -0.468 e. The van der Waals surface area contributed by atoms with Crippen molar-refractivity contribution in [3.63, 3.8) is 0 Å². The molecule has 8 heteroatoms. The van der Waals surface area contributed by atoms with Crippen LogP contribution in [0.15, 0.2) is 0 Å². The Morgan fingerprint density at radius 2 is 2.12 bits per heavy atom. The second kappa shape index (κ2) is 8.80. The van der Waals surface area contributed by atoms with E-state index in [1.165, 1.54) is 0 Å². The predicted octanol–water partition coefficient (Wildman–Crippen LogP) is -0.806. The number of hydrogen-bond acceptors (Lipinski definition) is 6. The van der Waals surface area contributed by atoms with E-state index in [0.29, 0.717) is 12.2 Å². The van der Waals surface area contributed by atoms with Gasteiger partial charge >= 0.3 is 5.97 Å². The van der Waals surface area contributed by atoms with Gasteiger partial charge in [0.15, 0.2) is 5.75 Å². The summed E-state index contributed by atoms with van der Waals surface area (Å²) < 4.78 is 29.0. The lowest BCUT2D eigenvalue weighted by atomic mass is 10.5. The quantitative estimate of drug-likeness (QED) is 0.421. The van der Waals surface area contributed by atoms with Crippen LogP contribution in [0.5, 0.6) is 0 Å². The summed E-state index contributed by atoms with van der Waals surface area (Å²) >= 11 is 1.54. The summed E-state index contributed by atoms with van der Waals surface area (Å²) in [5.41, 5.74) is 0. The number of carbonyl (C=O) groups excluding carboxylic acids is 1. The molecule has 0 aliphatic carbocycles. The van der Waals surface area contributed by atoms with Crippen molar-refractivity contribution in [3.05, 3.63) is 0 Å². The molecule has 0 unspecified atom stereocenters. The molecule has 0 fully saturated rings. The molecule has 2 N–H and O–H groups in total. The summed E-state index contributed by atoms with van der Waals surface area (Å²) in [6.45, 7) is 0.413. The summed E-state index contributed by atoms with van der Waals surface area (Å²) in [5, 5.41) is 8.50. The summed E-state index contributed by atoms with van der Waals surface area (Å²) in [5.74, 6) is -0.0269. The molecule has 0 aliphatic rings. The molecule has 16 heavy (non-hydrogen) atoms. The monoisotopic (exact) mass is 271 g/mol. The highest BCUT2D eigenvalue weighted by Gasteiger charge is 2.15. The van der Waals surface area contributed by atoms with Crippen molar-refractivity contribution >= 4 is 27.8 Å². The van der Waals surface area contributed by atoms with E-state index in [9.17, 15) is 13.2 Å². The van der Waals surface area contributed by atoms with Gasteiger partial charge in [-0.05, 0) is 12.2 Å². The van der Waals surface area contributed by atoms with Gasteiger partial charge < -0.3 is 9.84 Å². The van der Waals surface area contributed by atoms with Gasteiger partial charge in [-0.1, -0.05) is 0 Å². The largest absolute Gasteiger partial charge is 0.468 e. The molecule has 0 saturated heterocycles. The molecule has 96 valence electrons. The molecule has 0 aromatic carbocycles. The molecule has 0 aliphatic heterocycles. The van der Waals surface area contributed by atoms with Gasteiger partial charge in [-0.25, -0.2) is 13.1 Å². The van der Waals surface area contributed by atoms with Gasteiger partial charge in [-0.15, -0.1) is 0 Å². The van der Waals surface area contributed by atoms with Gasteiger partial charge in [0.25, 0.3) is 0 Å². The summed E-state index contributed by atoms with van der Waals surface area (Å²) in [4.78, 5) is 10.7. The van der Waals surface area contributed by atoms with Crippen LogP contribution in [0, 0.1) is 0 Å². The predicted molar refractivity (Wildman–Crippen MR) is 62.8 cm³/mol. The van der Waals surface area contributed by atoms with Crippen molar-refractivity contribution in [2.75, 3.05) is 37.5 Å². The Hall–Kier alpha value is -0.310. The van der Waals surface area contributed by atoms with Crippen LogP contribution >= 0.6 is 11.8 Å². The first-order valence-corrected chi connectivity index (χ1v) is 7.55. The molecule has 0 saturated carbocycles. The molecule has 0 radical (unpaired) electrons. The van der Waals surface area contributed by atoms with Crippen molar-refractivity contribution in [1.82, 2.24) is 4.72 Å². The SMILES string of the molecule is COC(=O)CS(=O)(=O)NCCSCCCO. The molecule has 0 amide bonds. The number of esters is 1. The van der Waals surface area contributed by atoms with E-state index in [4.69, 9.17) is 5.11 Å². The van der Waals surface area contributed by atoms with Gasteiger partial charge in [0.05, 0.1) is 7.11 Å². The smallest absolute Gasteiger partial charge is 0.322 e. The van der Waals surface area contributed by atoms with Gasteiger partial charge in [-0.2, -0.15) is 11.8 Å². The molecule has 0 rings (SSSR count). The highest BCUT2D eigenvalue weighted by molar-refractivity contribution is 7.99. The molecular weight excluding hydrogens is 254 g/mol. The van der Waals surface area contributed by atoms with Gasteiger partial charge in [0.2, 0.25) is 10.0 Å². The van der Waals surface area contributed by atoms with Crippen molar-refractivity contribution in [1.29, 1.82) is 0 Å². The van der Waals surface area contributed by atoms with Crippen molar-refractivity contribution in [3.8, 4) is 0 Å². The second-order valence-electron chi connectivity index (χ2n) is 2.92. The first-order valence-electron chi connectivity index (χ1n) is 4.74. The summed E-state index contributed by atoms with van der Waals surface area (Å²) in [6, 6.07) is 0. The Bertz CT molecular complexity index is 291. The maximum absolute atomic E-state index is 11.2. The Morgan fingerprint density at radius 3 is 2.69 bits per heavy atom. The topological polar surface area (TPSA) is 92.7 Å². The first kappa shape index (κ1) is 15.7. The number of thioether (sulfide) groups is 1. The maximum Gasteiger partial charge on any atom is 0.322 e. The van der Waals surface area contributed by atoms with E-state index in [1.807, 2.05) is 0 Å². The second-order valence-corrected chi connectivity index (χ2v) is 5.95. The van der Waals surface area contributed by atoms with E-state index in [0.717, 1.165) is 12.9 Å². The minimum absolute atomic E-state index is 0.140. The summed E-state index contributed by atoms with van der Waals surface area (Å²) in [7, 11) is -2.43.